The Labute approximate surface area is 154 Å². The summed E-state index contributed by atoms with van der Waals surface area (Å²) in [5, 5.41) is 2.89. The molecule has 136 valence electrons. The minimum Gasteiger partial charge on any atom is -0.481 e. The van der Waals surface area contributed by atoms with Crippen LogP contribution in [0.3, 0.4) is 0 Å². The number of nitrogens with zero attached hydrogens (tertiary/aromatic N) is 1. The molecule has 1 fully saturated rings. The number of anilines is 1. The van der Waals surface area contributed by atoms with Gasteiger partial charge in [0.05, 0.1) is 0 Å². The maximum atomic E-state index is 12.2. The lowest BCUT2D eigenvalue weighted by molar-refractivity contribution is -0.127. The van der Waals surface area contributed by atoms with Gasteiger partial charge in [0.25, 0.3) is 5.91 Å². The number of carbonyl (C=O) groups excluding carboxylic acids is 2. The van der Waals surface area contributed by atoms with Gasteiger partial charge in [-0.05, 0) is 55.7 Å². The van der Waals surface area contributed by atoms with Crippen LogP contribution in [-0.2, 0) is 16.1 Å². The number of rotatable bonds is 6. The first-order chi connectivity index (χ1) is 12.5. The van der Waals surface area contributed by atoms with Crippen LogP contribution in [0.5, 0.6) is 5.75 Å². The molecule has 1 N–H and O–H groups in total. The minimum absolute atomic E-state index is 0.162. The molecule has 2 aromatic carbocycles. The lowest BCUT2D eigenvalue weighted by atomic mass is 10.2. The van der Waals surface area contributed by atoms with E-state index in [1.54, 1.807) is 11.8 Å². The van der Waals surface area contributed by atoms with Gasteiger partial charge in [0, 0.05) is 25.2 Å². The highest BCUT2D eigenvalue weighted by molar-refractivity contribution is 5.95. The third-order valence-corrected chi connectivity index (χ3v) is 4.46. The van der Waals surface area contributed by atoms with Crippen molar-refractivity contribution in [3.63, 3.8) is 0 Å². The number of hydrogen-bond acceptors (Lipinski definition) is 3. The summed E-state index contributed by atoms with van der Waals surface area (Å²) in [5.41, 5.74) is 2.99. The zero-order chi connectivity index (χ0) is 18.5. The molecule has 1 unspecified atom stereocenters. The average molecular weight is 352 g/mol. The summed E-state index contributed by atoms with van der Waals surface area (Å²) in [7, 11) is 0. The highest BCUT2D eigenvalue weighted by Gasteiger charge is 2.21. The van der Waals surface area contributed by atoms with Crippen LogP contribution in [-0.4, -0.2) is 24.5 Å². The van der Waals surface area contributed by atoms with E-state index < -0.39 is 6.10 Å². The monoisotopic (exact) mass is 352 g/mol. The van der Waals surface area contributed by atoms with Crippen molar-refractivity contribution in [2.24, 2.45) is 0 Å². The predicted octanol–water partition coefficient (Wildman–Crippen LogP) is 3.21. The summed E-state index contributed by atoms with van der Waals surface area (Å²) >= 11 is 0. The third-order valence-electron chi connectivity index (χ3n) is 4.46. The van der Waals surface area contributed by atoms with Crippen LogP contribution in [0.4, 0.5) is 5.69 Å². The molecule has 26 heavy (non-hydrogen) atoms. The van der Waals surface area contributed by atoms with Gasteiger partial charge in [-0.15, -0.1) is 0 Å². The number of nitrogens with one attached hydrogen (secondary N) is 1. The maximum Gasteiger partial charge on any atom is 0.261 e. The molecule has 3 rings (SSSR count). The van der Waals surface area contributed by atoms with Crippen LogP contribution in [0.25, 0.3) is 0 Å². The number of aryl methyl sites for hydroxylation is 1. The first-order valence-corrected chi connectivity index (χ1v) is 8.93. The second-order valence-corrected chi connectivity index (χ2v) is 6.61. The first kappa shape index (κ1) is 18.0. The van der Waals surface area contributed by atoms with Crippen LogP contribution in [0.2, 0.25) is 0 Å². The molecule has 2 aromatic rings. The SMILES string of the molecule is Cc1cccc(OC(C)C(=O)NCc2ccc(N3CCCC3=O)cc2)c1. The van der Waals surface area contributed by atoms with Gasteiger partial charge in [-0.3, -0.25) is 9.59 Å². The van der Waals surface area contributed by atoms with E-state index in [2.05, 4.69) is 5.32 Å². The standard InChI is InChI=1S/C21H24N2O3/c1-15-5-3-6-19(13-15)26-16(2)21(25)22-14-17-8-10-18(11-9-17)23-12-4-7-20(23)24/h3,5-6,8-11,13,16H,4,7,12,14H2,1-2H3,(H,22,25). The molecule has 0 radical (unpaired) electrons. The second kappa shape index (κ2) is 8.04. The van der Waals surface area contributed by atoms with Crippen molar-refractivity contribution < 1.29 is 14.3 Å². The summed E-state index contributed by atoms with van der Waals surface area (Å²) in [6.07, 6.45) is 0.963. The molecule has 0 aromatic heterocycles. The number of carbonyl (C=O) groups is 2. The van der Waals surface area contributed by atoms with E-state index in [0.29, 0.717) is 18.7 Å². The van der Waals surface area contributed by atoms with E-state index in [1.165, 1.54) is 0 Å². The molecule has 0 spiro atoms. The quantitative estimate of drug-likeness (QED) is 0.868. The Morgan fingerprint density at radius 3 is 2.65 bits per heavy atom. The van der Waals surface area contributed by atoms with E-state index in [4.69, 9.17) is 4.74 Å². The van der Waals surface area contributed by atoms with Crippen LogP contribution in [0.15, 0.2) is 48.5 Å². The fourth-order valence-electron chi connectivity index (χ4n) is 2.99. The van der Waals surface area contributed by atoms with Crippen molar-refractivity contribution in [1.82, 2.24) is 5.32 Å². The van der Waals surface area contributed by atoms with E-state index in [1.807, 2.05) is 55.5 Å². The van der Waals surface area contributed by atoms with E-state index in [-0.39, 0.29) is 11.8 Å². The Balaban J connectivity index is 1.51. The molecule has 2 amide bonds. The Hall–Kier alpha value is -2.82. The summed E-state index contributed by atoms with van der Waals surface area (Å²) in [5.74, 6) is 0.700. The highest BCUT2D eigenvalue weighted by Crippen LogP contribution is 2.21. The smallest absolute Gasteiger partial charge is 0.261 e. The third kappa shape index (κ3) is 4.42. The zero-order valence-electron chi connectivity index (χ0n) is 15.2. The van der Waals surface area contributed by atoms with Crippen molar-refractivity contribution in [1.29, 1.82) is 0 Å². The Morgan fingerprint density at radius 2 is 2.00 bits per heavy atom. The van der Waals surface area contributed by atoms with Gasteiger partial charge in [-0.1, -0.05) is 24.3 Å². The predicted molar refractivity (Wildman–Crippen MR) is 101 cm³/mol. The van der Waals surface area contributed by atoms with Crippen LogP contribution in [0, 0.1) is 6.92 Å². The van der Waals surface area contributed by atoms with Crippen LogP contribution >= 0.6 is 0 Å². The van der Waals surface area contributed by atoms with Crippen LogP contribution < -0.4 is 15.0 Å². The summed E-state index contributed by atoms with van der Waals surface area (Å²) in [6.45, 7) is 4.92. The van der Waals surface area contributed by atoms with Gasteiger partial charge >= 0.3 is 0 Å². The molecule has 0 saturated carbocycles. The minimum atomic E-state index is -0.571. The number of benzene rings is 2. The number of hydrogen-bond donors (Lipinski definition) is 1. The molecule has 1 heterocycles. The molecule has 0 aliphatic carbocycles. The molecule has 1 aliphatic heterocycles. The molecular formula is C21H24N2O3. The van der Waals surface area contributed by atoms with Gasteiger partial charge in [0.1, 0.15) is 5.75 Å². The van der Waals surface area contributed by atoms with E-state index in [9.17, 15) is 9.59 Å². The molecule has 1 atom stereocenters. The lowest BCUT2D eigenvalue weighted by Gasteiger charge is -2.17. The maximum absolute atomic E-state index is 12.2. The van der Waals surface area contributed by atoms with Crippen molar-refractivity contribution in [2.75, 3.05) is 11.4 Å². The summed E-state index contributed by atoms with van der Waals surface area (Å²) < 4.78 is 5.69. The molecule has 5 heteroatoms. The normalized spacial score (nSPS) is 15.0. The second-order valence-electron chi connectivity index (χ2n) is 6.61. The van der Waals surface area contributed by atoms with Gasteiger partial charge in [-0.2, -0.15) is 0 Å². The van der Waals surface area contributed by atoms with Crippen molar-refractivity contribution in [3.8, 4) is 5.75 Å². The fourth-order valence-corrected chi connectivity index (χ4v) is 2.99. The number of amides is 2. The van der Waals surface area contributed by atoms with E-state index in [0.717, 1.165) is 29.8 Å². The van der Waals surface area contributed by atoms with Gasteiger partial charge < -0.3 is 15.0 Å². The summed E-state index contributed by atoms with van der Waals surface area (Å²) in [4.78, 5) is 25.8. The summed E-state index contributed by atoms with van der Waals surface area (Å²) in [6, 6.07) is 15.4. The largest absolute Gasteiger partial charge is 0.481 e. The molecule has 0 bridgehead atoms. The van der Waals surface area contributed by atoms with Crippen molar-refractivity contribution in [3.05, 3.63) is 59.7 Å². The molecular weight excluding hydrogens is 328 g/mol. The van der Waals surface area contributed by atoms with Gasteiger partial charge in [0.2, 0.25) is 5.91 Å². The highest BCUT2D eigenvalue weighted by atomic mass is 16.5. The molecule has 5 nitrogen and oxygen atoms in total. The lowest BCUT2D eigenvalue weighted by Crippen LogP contribution is -2.35. The van der Waals surface area contributed by atoms with Gasteiger partial charge in [-0.25, -0.2) is 0 Å². The fraction of sp³-hybridized carbons (Fsp3) is 0.333. The van der Waals surface area contributed by atoms with Crippen molar-refractivity contribution in [2.45, 2.75) is 39.3 Å². The molecule has 1 aliphatic rings. The number of ether oxygens (including phenoxy) is 1. The first-order valence-electron chi connectivity index (χ1n) is 8.93. The topological polar surface area (TPSA) is 58.6 Å². The Kier molecular flexibility index (Phi) is 5.56. The van der Waals surface area contributed by atoms with Crippen molar-refractivity contribution >= 4 is 17.5 Å². The van der Waals surface area contributed by atoms with Gasteiger partial charge in [0.15, 0.2) is 6.10 Å². The van der Waals surface area contributed by atoms with E-state index >= 15 is 0 Å². The zero-order valence-corrected chi connectivity index (χ0v) is 15.2. The Morgan fingerprint density at radius 1 is 1.23 bits per heavy atom. The Bertz CT molecular complexity index is 786. The average Bonchev–Trinajstić information content (AvgIpc) is 3.06. The van der Waals surface area contributed by atoms with Crippen LogP contribution in [0.1, 0.15) is 30.9 Å². The molecule has 1 saturated heterocycles.